The van der Waals surface area contributed by atoms with Gasteiger partial charge in [-0.15, -0.1) is 11.8 Å². The van der Waals surface area contributed by atoms with Gasteiger partial charge in [-0.2, -0.15) is 0 Å². The largest absolute Gasteiger partial charge is 0.369 e. The fraction of sp³-hybridized carbons (Fsp3) is 0.364. The van der Waals surface area contributed by atoms with E-state index in [0.29, 0.717) is 11.7 Å². The van der Waals surface area contributed by atoms with Crippen molar-refractivity contribution in [3.63, 3.8) is 0 Å². The molecule has 0 fully saturated rings. The molecule has 0 radical (unpaired) electrons. The van der Waals surface area contributed by atoms with Crippen LogP contribution in [-0.2, 0) is 4.79 Å². The van der Waals surface area contributed by atoms with Crippen LogP contribution in [0.5, 0.6) is 0 Å². The van der Waals surface area contributed by atoms with Crippen molar-refractivity contribution in [1.82, 2.24) is 0 Å². The molecule has 0 aliphatic rings. The van der Waals surface area contributed by atoms with Crippen LogP contribution in [0.25, 0.3) is 0 Å². The number of nitrogens with two attached hydrogens (primary N) is 1. The molecule has 0 saturated carbocycles. The number of thioether (sulfide) groups is 1. The van der Waals surface area contributed by atoms with Crippen molar-refractivity contribution in [3.05, 3.63) is 29.8 Å². The molecule has 1 amide bonds. The van der Waals surface area contributed by atoms with E-state index in [2.05, 4.69) is 26.0 Å². The summed E-state index contributed by atoms with van der Waals surface area (Å²) in [6.45, 7) is 4.32. The molecule has 0 bridgehead atoms. The van der Waals surface area contributed by atoms with Gasteiger partial charge in [0.1, 0.15) is 0 Å². The lowest BCUT2D eigenvalue weighted by atomic mass is 10.0. The third kappa shape index (κ3) is 3.42. The average Bonchev–Trinajstić information content (AvgIpc) is 2.15. The molecular formula is C11H15NOS. The van der Waals surface area contributed by atoms with E-state index in [1.165, 1.54) is 17.3 Å². The van der Waals surface area contributed by atoms with Gasteiger partial charge in [-0.25, -0.2) is 0 Å². The summed E-state index contributed by atoms with van der Waals surface area (Å²) < 4.78 is 0. The van der Waals surface area contributed by atoms with Crippen LogP contribution in [0, 0.1) is 0 Å². The summed E-state index contributed by atoms with van der Waals surface area (Å²) in [5.74, 6) is 0.620. The van der Waals surface area contributed by atoms with E-state index in [-0.39, 0.29) is 5.91 Å². The number of hydrogen-bond donors (Lipinski definition) is 1. The molecule has 0 aromatic heterocycles. The second-order valence-electron chi connectivity index (χ2n) is 3.48. The minimum absolute atomic E-state index is 0.275. The van der Waals surface area contributed by atoms with E-state index < -0.39 is 0 Å². The molecule has 0 spiro atoms. The van der Waals surface area contributed by atoms with Crippen LogP contribution < -0.4 is 5.73 Å². The van der Waals surface area contributed by atoms with Crippen molar-refractivity contribution in [2.75, 3.05) is 5.75 Å². The predicted octanol–water partition coefficient (Wildman–Crippen LogP) is 2.39. The molecule has 14 heavy (non-hydrogen) atoms. The van der Waals surface area contributed by atoms with E-state index in [0.717, 1.165) is 4.90 Å². The van der Waals surface area contributed by atoms with Crippen molar-refractivity contribution in [1.29, 1.82) is 0 Å². The quantitative estimate of drug-likeness (QED) is 0.774. The van der Waals surface area contributed by atoms with Gasteiger partial charge in [0, 0.05) is 4.90 Å². The van der Waals surface area contributed by atoms with Gasteiger partial charge in [0.25, 0.3) is 0 Å². The summed E-state index contributed by atoms with van der Waals surface area (Å²) in [5.41, 5.74) is 6.37. The number of amides is 1. The molecule has 0 aliphatic carbocycles. The smallest absolute Gasteiger partial charge is 0.227 e. The van der Waals surface area contributed by atoms with Gasteiger partial charge in [0.15, 0.2) is 0 Å². The van der Waals surface area contributed by atoms with Gasteiger partial charge < -0.3 is 5.73 Å². The second kappa shape index (κ2) is 5.05. The van der Waals surface area contributed by atoms with Crippen molar-refractivity contribution < 1.29 is 4.79 Å². The molecule has 0 saturated heterocycles. The summed E-state index contributed by atoms with van der Waals surface area (Å²) in [6, 6.07) is 8.24. The van der Waals surface area contributed by atoms with Crippen molar-refractivity contribution in [2.24, 2.45) is 5.73 Å². The molecule has 0 atom stereocenters. The highest BCUT2D eigenvalue weighted by Crippen LogP contribution is 2.21. The zero-order chi connectivity index (χ0) is 10.6. The third-order valence-corrected chi connectivity index (χ3v) is 2.96. The topological polar surface area (TPSA) is 43.1 Å². The van der Waals surface area contributed by atoms with E-state index in [1.54, 1.807) is 0 Å². The van der Waals surface area contributed by atoms with E-state index in [1.807, 2.05) is 12.1 Å². The number of carbonyl (C=O) groups excluding carboxylic acids is 1. The fourth-order valence-corrected chi connectivity index (χ4v) is 1.74. The first-order valence-corrected chi connectivity index (χ1v) is 5.59. The number of primary amides is 1. The maximum absolute atomic E-state index is 10.5. The van der Waals surface area contributed by atoms with Crippen molar-refractivity contribution in [2.45, 2.75) is 24.7 Å². The Morgan fingerprint density at radius 3 is 2.36 bits per heavy atom. The average molecular weight is 209 g/mol. The lowest BCUT2D eigenvalue weighted by molar-refractivity contribution is -0.115. The van der Waals surface area contributed by atoms with Gasteiger partial charge in [-0.1, -0.05) is 26.0 Å². The van der Waals surface area contributed by atoms with Crippen LogP contribution >= 0.6 is 11.8 Å². The number of hydrogen-bond acceptors (Lipinski definition) is 2. The zero-order valence-corrected chi connectivity index (χ0v) is 9.30. The highest BCUT2D eigenvalue weighted by atomic mass is 32.2. The predicted molar refractivity (Wildman–Crippen MR) is 60.4 cm³/mol. The molecule has 2 nitrogen and oxygen atoms in total. The first-order chi connectivity index (χ1) is 6.59. The minimum atomic E-state index is -0.275. The van der Waals surface area contributed by atoms with Crippen LogP contribution in [0.2, 0.25) is 0 Å². The van der Waals surface area contributed by atoms with Crippen molar-refractivity contribution >= 4 is 17.7 Å². The number of carbonyl (C=O) groups is 1. The first kappa shape index (κ1) is 11.1. The van der Waals surface area contributed by atoms with Crippen LogP contribution in [0.1, 0.15) is 25.3 Å². The highest BCUT2D eigenvalue weighted by Gasteiger charge is 2.00. The summed E-state index contributed by atoms with van der Waals surface area (Å²) in [4.78, 5) is 11.6. The SMILES string of the molecule is CC(C)c1ccc(SCC(N)=O)cc1. The molecule has 2 N–H and O–H groups in total. The van der Waals surface area contributed by atoms with Crippen LogP contribution in [0.4, 0.5) is 0 Å². The Balaban J connectivity index is 2.59. The van der Waals surface area contributed by atoms with Crippen molar-refractivity contribution in [3.8, 4) is 0 Å². The second-order valence-corrected chi connectivity index (χ2v) is 4.53. The molecular weight excluding hydrogens is 194 g/mol. The third-order valence-electron chi connectivity index (χ3n) is 1.93. The maximum atomic E-state index is 10.5. The summed E-state index contributed by atoms with van der Waals surface area (Å²) >= 11 is 1.47. The van der Waals surface area contributed by atoms with Gasteiger partial charge in [0.2, 0.25) is 5.91 Å². The molecule has 1 aromatic carbocycles. The summed E-state index contributed by atoms with van der Waals surface area (Å²) in [6.07, 6.45) is 0. The van der Waals surface area contributed by atoms with Crippen LogP contribution in [0.15, 0.2) is 29.2 Å². The molecule has 0 unspecified atom stereocenters. The maximum Gasteiger partial charge on any atom is 0.227 e. The Kier molecular flexibility index (Phi) is 4.01. The molecule has 1 aromatic rings. The van der Waals surface area contributed by atoms with Gasteiger partial charge in [-0.3, -0.25) is 4.79 Å². The molecule has 0 aliphatic heterocycles. The van der Waals surface area contributed by atoms with Gasteiger partial charge in [-0.05, 0) is 23.6 Å². The van der Waals surface area contributed by atoms with E-state index in [9.17, 15) is 4.79 Å². The normalized spacial score (nSPS) is 10.5. The van der Waals surface area contributed by atoms with E-state index in [4.69, 9.17) is 5.73 Å². The van der Waals surface area contributed by atoms with Gasteiger partial charge >= 0.3 is 0 Å². The molecule has 76 valence electrons. The molecule has 1 rings (SSSR count). The Morgan fingerprint density at radius 2 is 1.93 bits per heavy atom. The molecule has 3 heteroatoms. The van der Waals surface area contributed by atoms with Crippen LogP contribution in [-0.4, -0.2) is 11.7 Å². The fourth-order valence-electron chi connectivity index (χ4n) is 1.10. The highest BCUT2D eigenvalue weighted by molar-refractivity contribution is 8.00. The lowest BCUT2D eigenvalue weighted by Gasteiger charge is -2.05. The molecule has 0 heterocycles. The Morgan fingerprint density at radius 1 is 1.36 bits per heavy atom. The van der Waals surface area contributed by atoms with Crippen LogP contribution in [0.3, 0.4) is 0 Å². The monoisotopic (exact) mass is 209 g/mol. The van der Waals surface area contributed by atoms with E-state index >= 15 is 0 Å². The first-order valence-electron chi connectivity index (χ1n) is 4.60. The minimum Gasteiger partial charge on any atom is -0.369 e. The van der Waals surface area contributed by atoms with Gasteiger partial charge in [0.05, 0.1) is 5.75 Å². The number of benzene rings is 1. The number of rotatable bonds is 4. The lowest BCUT2D eigenvalue weighted by Crippen LogP contribution is -2.12. The summed E-state index contributed by atoms with van der Waals surface area (Å²) in [7, 11) is 0. The Bertz CT molecular complexity index is 306. The Labute approximate surface area is 88.9 Å². The zero-order valence-electron chi connectivity index (χ0n) is 8.49. The standard InChI is InChI=1S/C11H15NOS/c1-8(2)9-3-5-10(6-4-9)14-7-11(12)13/h3-6,8H,7H2,1-2H3,(H2,12,13). The Hall–Kier alpha value is -0.960. The summed E-state index contributed by atoms with van der Waals surface area (Å²) in [5, 5.41) is 0.